The summed E-state index contributed by atoms with van der Waals surface area (Å²) in [5.41, 5.74) is 2.08. The smallest absolute Gasteiger partial charge is 0.268 e. The lowest BCUT2D eigenvalue weighted by atomic mass is 10.2. The first kappa shape index (κ1) is 13.7. The monoisotopic (exact) mass is 329 g/mol. The summed E-state index contributed by atoms with van der Waals surface area (Å²) in [5, 5.41) is 4.31. The molecule has 1 aliphatic rings. The molecule has 0 saturated heterocycles. The predicted octanol–water partition coefficient (Wildman–Crippen LogP) is 4.09. The van der Waals surface area contributed by atoms with Crippen LogP contribution in [0.1, 0.15) is 27.3 Å². The Bertz CT molecular complexity index is 890. The van der Waals surface area contributed by atoms with Crippen LogP contribution in [0.5, 0.6) is 0 Å². The van der Waals surface area contributed by atoms with Gasteiger partial charge >= 0.3 is 0 Å². The summed E-state index contributed by atoms with van der Waals surface area (Å²) in [7, 11) is 0. The van der Waals surface area contributed by atoms with E-state index in [1.807, 2.05) is 24.3 Å². The molecule has 1 N–H and O–H groups in total. The van der Waals surface area contributed by atoms with E-state index in [9.17, 15) is 4.79 Å². The zero-order chi connectivity index (χ0) is 15.1. The fraction of sp³-hybridized carbons (Fsp3) is 0.188. The second-order valence-electron chi connectivity index (χ2n) is 5.20. The highest BCUT2D eigenvalue weighted by Crippen LogP contribution is 2.36. The molecule has 3 aromatic rings. The Labute approximate surface area is 136 Å². The minimum atomic E-state index is -0.209. The van der Waals surface area contributed by atoms with Crippen LogP contribution in [0.2, 0.25) is 5.02 Å². The fourth-order valence-corrected chi connectivity index (χ4v) is 4.20. The van der Waals surface area contributed by atoms with Crippen molar-refractivity contribution >= 4 is 44.7 Å². The van der Waals surface area contributed by atoms with E-state index in [0.29, 0.717) is 15.7 Å². The van der Waals surface area contributed by atoms with Gasteiger partial charge in [0.2, 0.25) is 0 Å². The Morgan fingerprint density at radius 2 is 2.09 bits per heavy atom. The molecule has 0 spiro atoms. The minimum absolute atomic E-state index is 0.209. The SMILES string of the molecule is O=C(Nc1ncnc2c1CCC2)c1sc2ccccc2c1Cl. The second-order valence-corrected chi connectivity index (χ2v) is 6.63. The number of benzene rings is 1. The number of halogens is 1. The maximum absolute atomic E-state index is 12.6. The summed E-state index contributed by atoms with van der Waals surface area (Å²) in [6.45, 7) is 0. The van der Waals surface area contributed by atoms with Crippen molar-refractivity contribution in [2.24, 2.45) is 0 Å². The van der Waals surface area contributed by atoms with Gasteiger partial charge in [0.25, 0.3) is 5.91 Å². The van der Waals surface area contributed by atoms with Crippen molar-refractivity contribution in [3.8, 4) is 0 Å². The number of aromatic nitrogens is 2. The molecule has 1 aliphatic carbocycles. The van der Waals surface area contributed by atoms with Crippen molar-refractivity contribution in [3.63, 3.8) is 0 Å². The van der Waals surface area contributed by atoms with Gasteiger partial charge in [0.1, 0.15) is 17.0 Å². The van der Waals surface area contributed by atoms with Gasteiger partial charge in [-0.25, -0.2) is 9.97 Å². The zero-order valence-electron chi connectivity index (χ0n) is 11.6. The molecular formula is C16H12ClN3OS. The Kier molecular flexibility index (Phi) is 3.32. The number of nitrogens with zero attached hydrogens (tertiary/aromatic N) is 2. The number of hydrogen-bond donors (Lipinski definition) is 1. The van der Waals surface area contributed by atoms with Crippen LogP contribution in [0, 0.1) is 0 Å². The van der Waals surface area contributed by atoms with Crippen molar-refractivity contribution in [1.29, 1.82) is 0 Å². The van der Waals surface area contributed by atoms with Crippen molar-refractivity contribution in [3.05, 3.63) is 51.7 Å². The highest BCUT2D eigenvalue weighted by Gasteiger charge is 2.21. The van der Waals surface area contributed by atoms with Crippen LogP contribution in [0.25, 0.3) is 10.1 Å². The molecule has 0 atom stereocenters. The lowest BCUT2D eigenvalue weighted by Crippen LogP contribution is -2.14. The Balaban J connectivity index is 1.70. The maximum atomic E-state index is 12.6. The highest BCUT2D eigenvalue weighted by atomic mass is 35.5. The summed E-state index contributed by atoms with van der Waals surface area (Å²) >= 11 is 7.75. The molecular weight excluding hydrogens is 318 g/mol. The summed E-state index contributed by atoms with van der Waals surface area (Å²) in [5.74, 6) is 0.403. The number of aryl methyl sites for hydroxylation is 1. The first-order valence-electron chi connectivity index (χ1n) is 7.05. The van der Waals surface area contributed by atoms with Gasteiger partial charge in [-0.3, -0.25) is 4.79 Å². The first-order chi connectivity index (χ1) is 10.7. The molecule has 2 aromatic heterocycles. The van der Waals surface area contributed by atoms with E-state index in [0.717, 1.165) is 40.6 Å². The normalized spacial score (nSPS) is 13.3. The van der Waals surface area contributed by atoms with Crippen LogP contribution >= 0.6 is 22.9 Å². The van der Waals surface area contributed by atoms with Crippen LogP contribution in [-0.4, -0.2) is 15.9 Å². The van der Waals surface area contributed by atoms with Crippen LogP contribution in [0.3, 0.4) is 0 Å². The number of anilines is 1. The number of hydrogen-bond acceptors (Lipinski definition) is 4. The summed E-state index contributed by atoms with van der Waals surface area (Å²) in [4.78, 5) is 21.6. The molecule has 0 saturated carbocycles. The zero-order valence-corrected chi connectivity index (χ0v) is 13.2. The largest absolute Gasteiger partial charge is 0.305 e. The molecule has 1 aromatic carbocycles. The second kappa shape index (κ2) is 5.34. The van der Waals surface area contributed by atoms with Crippen LogP contribution in [0.15, 0.2) is 30.6 Å². The topological polar surface area (TPSA) is 54.9 Å². The standard InChI is InChI=1S/C16H12ClN3OS/c17-13-10-4-1-2-7-12(10)22-14(13)16(21)20-15-9-5-3-6-11(9)18-8-19-15/h1-2,4,7-8H,3,5-6H2,(H,18,19,20,21). The molecule has 0 bridgehead atoms. The number of carbonyl (C=O) groups excluding carboxylic acids is 1. The van der Waals surface area contributed by atoms with Crippen molar-refractivity contribution in [1.82, 2.24) is 9.97 Å². The molecule has 0 fully saturated rings. The van der Waals surface area contributed by atoms with Crippen molar-refractivity contribution in [2.75, 3.05) is 5.32 Å². The molecule has 6 heteroatoms. The van der Waals surface area contributed by atoms with Gasteiger partial charge in [0.05, 0.1) is 5.02 Å². The summed E-state index contributed by atoms with van der Waals surface area (Å²) in [6.07, 6.45) is 4.42. The number of carbonyl (C=O) groups is 1. The highest BCUT2D eigenvalue weighted by molar-refractivity contribution is 7.21. The van der Waals surface area contributed by atoms with Crippen LogP contribution < -0.4 is 5.32 Å². The van der Waals surface area contributed by atoms with E-state index in [1.165, 1.54) is 17.7 Å². The Hall–Kier alpha value is -1.98. The minimum Gasteiger partial charge on any atom is -0.305 e. The molecule has 0 unspecified atom stereocenters. The van der Waals surface area contributed by atoms with Gasteiger partial charge in [0, 0.05) is 21.3 Å². The van der Waals surface area contributed by atoms with Crippen molar-refractivity contribution < 1.29 is 4.79 Å². The number of rotatable bonds is 2. The number of amides is 1. The average Bonchev–Trinajstić information content (AvgIpc) is 3.13. The molecule has 0 aliphatic heterocycles. The van der Waals surface area contributed by atoms with E-state index in [1.54, 1.807) is 0 Å². The predicted molar refractivity (Wildman–Crippen MR) is 88.8 cm³/mol. The molecule has 1 amide bonds. The van der Waals surface area contributed by atoms with Gasteiger partial charge in [0.15, 0.2) is 0 Å². The van der Waals surface area contributed by atoms with Gasteiger partial charge in [-0.15, -0.1) is 11.3 Å². The van der Waals surface area contributed by atoms with Crippen LogP contribution in [-0.2, 0) is 12.8 Å². The average molecular weight is 330 g/mol. The third-order valence-electron chi connectivity index (χ3n) is 3.85. The fourth-order valence-electron chi connectivity index (χ4n) is 2.79. The third kappa shape index (κ3) is 2.17. The molecule has 22 heavy (non-hydrogen) atoms. The van der Waals surface area contributed by atoms with E-state index in [-0.39, 0.29) is 5.91 Å². The van der Waals surface area contributed by atoms with E-state index in [2.05, 4.69) is 15.3 Å². The first-order valence-corrected chi connectivity index (χ1v) is 8.24. The van der Waals surface area contributed by atoms with E-state index < -0.39 is 0 Å². The molecule has 4 rings (SSSR count). The number of thiophene rings is 1. The Morgan fingerprint density at radius 3 is 2.95 bits per heavy atom. The van der Waals surface area contributed by atoms with Gasteiger partial charge in [-0.05, 0) is 25.3 Å². The van der Waals surface area contributed by atoms with Crippen molar-refractivity contribution in [2.45, 2.75) is 19.3 Å². The summed E-state index contributed by atoms with van der Waals surface area (Å²) in [6, 6.07) is 7.74. The maximum Gasteiger partial charge on any atom is 0.268 e. The molecule has 4 nitrogen and oxygen atoms in total. The number of nitrogens with one attached hydrogen (secondary N) is 1. The quantitative estimate of drug-likeness (QED) is 0.770. The third-order valence-corrected chi connectivity index (χ3v) is 5.52. The Morgan fingerprint density at radius 1 is 1.23 bits per heavy atom. The van der Waals surface area contributed by atoms with E-state index in [4.69, 9.17) is 11.6 Å². The van der Waals surface area contributed by atoms with E-state index >= 15 is 0 Å². The van der Waals surface area contributed by atoms with Gasteiger partial charge < -0.3 is 5.32 Å². The summed E-state index contributed by atoms with van der Waals surface area (Å²) < 4.78 is 1.01. The van der Waals surface area contributed by atoms with Gasteiger partial charge in [-0.2, -0.15) is 0 Å². The molecule has 2 heterocycles. The lowest BCUT2D eigenvalue weighted by Gasteiger charge is -2.07. The molecule has 0 radical (unpaired) electrons. The van der Waals surface area contributed by atoms with Crippen LogP contribution in [0.4, 0.5) is 5.82 Å². The number of fused-ring (bicyclic) bond motifs is 2. The molecule has 110 valence electrons. The lowest BCUT2D eigenvalue weighted by molar-refractivity contribution is 0.103. The van der Waals surface area contributed by atoms with Gasteiger partial charge in [-0.1, -0.05) is 29.8 Å².